The van der Waals surface area contributed by atoms with Crippen LogP contribution in [0, 0.1) is 0 Å². The lowest BCUT2D eigenvalue weighted by Gasteiger charge is -2.33. The summed E-state index contributed by atoms with van der Waals surface area (Å²) in [6, 6.07) is 10.7. The highest BCUT2D eigenvalue weighted by atomic mass is 32.2. The van der Waals surface area contributed by atoms with Crippen LogP contribution in [0.3, 0.4) is 0 Å². The highest BCUT2D eigenvalue weighted by Crippen LogP contribution is 2.20. The quantitative estimate of drug-likeness (QED) is 0.672. The van der Waals surface area contributed by atoms with Crippen molar-refractivity contribution in [3.8, 4) is 5.75 Å². The molecule has 152 valence electrons. The highest BCUT2D eigenvalue weighted by molar-refractivity contribution is 7.91. The van der Waals surface area contributed by atoms with Crippen LogP contribution in [0.5, 0.6) is 5.75 Å². The van der Waals surface area contributed by atoms with E-state index in [0.29, 0.717) is 36.9 Å². The van der Waals surface area contributed by atoms with Gasteiger partial charge in [0.25, 0.3) is 15.9 Å². The van der Waals surface area contributed by atoms with Crippen LogP contribution < -0.4 is 15.0 Å². The Morgan fingerprint density at radius 3 is 2.61 bits per heavy atom. The van der Waals surface area contributed by atoms with E-state index in [1.165, 1.54) is 15.6 Å². The van der Waals surface area contributed by atoms with Gasteiger partial charge in [-0.2, -0.15) is 4.31 Å². The number of thiophene rings is 1. The molecule has 1 saturated heterocycles. The normalized spacial score (nSPS) is 17.2. The van der Waals surface area contributed by atoms with E-state index in [2.05, 4.69) is 5.32 Å². The van der Waals surface area contributed by atoms with Gasteiger partial charge in [0.15, 0.2) is 6.04 Å². The zero-order valence-corrected chi connectivity index (χ0v) is 17.7. The summed E-state index contributed by atoms with van der Waals surface area (Å²) < 4.78 is 32.4. The van der Waals surface area contributed by atoms with Gasteiger partial charge < -0.3 is 15.0 Å². The molecule has 1 aromatic heterocycles. The number of piperazine rings is 1. The van der Waals surface area contributed by atoms with Gasteiger partial charge in [-0.3, -0.25) is 4.79 Å². The molecular weight excluding hydrogens is 398 g/mol. The number of quaternary nitrogens is 1. The molecule has 0 radical (unpaired) electrons. The molecule has 2 N–H and O–H groups in total. The summed E-state index contributed by atoms with van der Waals surface area (Å²) >= 11 is 1.23. The van der Waals surface area contributed by atoms with Crippen LogP contribution in [0.15, 0.2) is 46.0 Å². The molecule has 1 aliphatic rings. The van der Waals surface area contributed by atoms with Crippen molar-refractivity contribution < 1.29 is 22.8 Å². The maximum atomic E-state index is 12.6. The molecule has 1 aliphatic heterocycles. The summed E-state index contributed by atoms with van der Waals surface area (Å²) in [6.45, 7) is 4.33. The molecule has 1 fully saturated rings. The first kappa shape index (κ1) is 20.8. The molecule has 0 spiro atoms. The van der Waals surface area contributed by atoms with Gasteiger partial charge in [-0.25, -0.2) is 8.42 Å². The number of carbonyl (C=O) groups excluding carboxylic acids is 1. The summed E-state index contributed by atoms with van der Waals surface area (Å²) in [7, 11) is -1.81. The van der Waals surface area contributed by atoms with Crippen LogP contribution >= 0.6 is 11.3 Å². The fraction of sp³-hybridized carbons (Fsp3) is 0.421. The Balaban J connectivity index is 1.53. The van der Waals surface area contributed by atoms with Gasteiger partial charge in [-0.05, 0) is 24.4 Å². The minimum absolute atomic E-state index is 0.0459. The number of carbonyl (C=O) groups is 1. The summed E-state index contributed by atoms with van der Waals surface area (Å²) in [5.74, 6) is 0.700. The van der Waals surface area contributed by atoms with Crippen molar-refractivity contribution in [2.45, 2.75) is 23.7 Å². The summed E-state index contributed by atoms with van der Waals surface area (Å²) in [5.41, 5.74) is 0.924. The maximum absolute atomic E-state index is 12.6. The van der Waals surface area contributed by atoms with E-state index >= 15 is 0 Å². The Labute approximate surface area is 170 Å². The number of hydrogen-bond donors (Lipinski definition) is 2. The topological polar surface area (TPSA) is 80.2 Å². The molecule has 0 aliphatic carbocycles. The molecule has 0 unspecified atom stereocenters. The lowest BCUT2D eigenvalue weighted by molar-refractivity contribution is -0.917. The monoisotopic (exact) mass is 424 g/mol. The zero-order valence-electron chi connectivity index (χ0n) is 16.1. The van der Waals surface area contributed by atoms with Crippen molar-refractivity contribution in [2.75, 3.05) is 33.3 Å². The minimum atomic E-state index is -3.42. The van der Waals surface area contributed by atoms with Gasteiger partial charge in [0, 0.05) is 12.1 Å². The highest BCUT2D eigenvalue weighted by Gasteiger charge is 2.34. The number of rotatable bonds is 7. The number of nitrogens with zero attached hydrogens (tertiary/aromatic N) is 1. The van der Waals surface area contributed by atoms with Crippen LogP contribution in [0.2, 0.25) is 0 Å². The average Bonchev–Trinajstić information content (AvgIpc) is 3.27. The van der Waals surface area contributed by atoms with E-state index in [1.54, 1.807) is 24.6 Å². The molecule has 3 rings (SSSR count). The maximum Gasteiger partial charge on any atom is 0.278 e. The third kappa shape index (κ3) is 4.54. The average molecular weight is 425 g/mol. The lowest BCUT2D eigenvalue weighted by atomic mass is 10.2. The Morgan fingerprint density at radius 1 is 1.25 bits per heavy atom. The van der Waals surface area contributed by atoms with Crippen molar-refractivity contribution in [1.29, 1.82) is 0 Å². The first-order valence-electron chi connectivity index (χ1n) is 9.21. The van der Waals surface area contributed by atoms with Crippen molar-refractivity contribution >= 4 is 27.3 Å². The van der Waals surface area contributed by atoms with Crippen LogP contribution in [0.4, 0.5) is 0 Å². The fourth-order valence-corrected chi connectivity index (χ4v) is 5.94. The van der Waals surface area contributed by atoms with Crippen LogP contribution in [-0.2, 0) is 21.4 Å². The lowest BCUT2D eigenvalue weighted by Crippen LogP contribution is -3.19. The van der Waals surface area contributed by atoms with Gasteiger partial charge in [0.05, 0.1) is 33.3 Å². The van der Waals surface area contributed by atoms with Gasteiger partial charge >= 0.3 is 0 Å². The predicted molar refractivity (Wildman–Crippen MR) is 108 cm³/mol. The molecule has 1 amide bonds. The van der Waals surface area contributed by atoms with Crippen molar-refractivity contribution in [2.24, 2.45) is 0 Å². The third-order valence-electron chi connectivity index (χ3n) is 5.11. The zero-order chi connectivity index (χ0) is 20.1. The van der Waals surface area contributed by atoms with Crippen molar-refractivity contribution in [3.05, 3.63) is 47.3 Å². The molecule has 1 aromatic carbocycles. The molecule has 28 heavy (non-hydrogen) atoms. The second kappa shape index (κ2) is 9.04. The van der Waals surface area contributed by atoms with Crippen molar-refractivity contribution in [1.82, 2.24) is 9.62 Å². The number of benzene rings is 1. The molecule has 0 bridgehead atoms. The molecule has 9 heteroatoms. The third-order valence-corrected chi connectivity index (χ3v) is 8.38. The number of ether oxygens (including phenoxy) is 1. The summed E-state index contributed by atoms with van der Waals surface area (Å²) in [6.07, 6.45) is 0. The Morgan fingerprint density at radius 2 is 1.96 bits per heavy atom. The standard InChI is InChI=1S/C19H25N3O4S2/c1-15(19(23)20-14-16-6-3-4-7-17(16)26-2)21-9-11-22(12-10-21)28(24,25)18-8-5-13-27-18/h3-8,13,15H,9-12,14H2,1-2H3,(H,20,23)/p+1/t15-/m1/s1. The van der Waals surface area contributed by atoms with E-state index in [4.69, 9.17) is 4.74 Å². The molecule has 2 heterocycles. The molecule has 1 atom stereocenters. The molecule has 0 saturated carbocycles. The van der Waals surface area contributed by atoms with E-state index in [-0.39, 0.29) is 11.9 Å². The van der Waals surface area contributed by atoms with Gasteiger partial charge in [-0.1, -0.05) is 24.3 Å². The fourth-order valence-electron chi connectivity index (χ4n) is 3.35. The van der Waals surface area contributed by atoms with E-state index < -0.39 is 10.0 Å². The van der Waals surface area contributed by atoms with E-state index in [0.717, 1.165) is 16.2 Å². The number of sulfonamides is 1. The Bertz CT molecular complexity index is 892. The van der Waals surface area contributed by atoms with Crippen LogP contribution in [0.25, 0.3) is 0 Å². The SMILES string of the molecule is COc1ccccc1CNC(=O)[C@@H](C)[NH+]1CCN(S(=O)(=O)c2cccs2)CC1. The van der Waals surface area contributed by atoms with Gasteiger partial charge in [0.2, 0.25) is 0 Å². The first-order valence-corrected chi connectivity index (χ1v) is 11.5. The van der Waals surface area contributed by atoms with Crippen molar-refractivity contribution in [3.63, 3.8) is 0 Å². The number of methoxy groups -OCH3 is 1. The number of amides is 1. The predicted octanol–water partition coefficient (Wildman–Crippen LogP) is 0.351. The second-order valence-corrected chi connectivity index (χ2v) is 9.86. The second-order valence-electron chi connectivity index (χ2n) is 6.75. The molecular formula is C19H26N3O4S2+. The number of para-hydroxylation sites is 1. The largest absolute Gasteiger partial charge is 0.496 e. The molecule has 2 aromatic rings. The number of nitrogens with one attached hydrogen (secondary N) is 2. The summed E-state index contributed by atoms with van der Waals surface area (Å²) in [4.78, 5) is 13.7. The first-order chi connectivity index (χ1) is 13.4. The van der Waals surface area contributed by atoms with Gasteiger partial charge in [-0.15, -0.1) is 11.3 Å². The van der Waals surface area contributed by atoms with Crippen LogP contribution in [0.1, 0.15) is 12.5 Å². The Hall–Kier alpha value is -1.94. The molecule has 7 nitrogen and oxygen atoms in total. The number of hydrogen-bond acceptors (Lipinski definition) is 5. The summed E-state index contributed by atoms with van der Waals surface area (Å²) in [5, 5.41) is 4.73. The van der Waals surface area contributed by atoms with E-state index in [9.17, 15) is 13.2 Å². The van der Waals surface area contributed by atoms with Gasteiger partial charge in [0.1, 0.15) is 9.96 Å². The Kier molecular flexibility index (Phi) is 6.71. The van der Waals surface area contributed by atoms with Crippen LogP contribution in [-0.4, -0.2) is 58.0 Å². The van der Waals surface area contributed by atoms with E-state index in [1.807, 2.05) is 31.2 Å². The smallest absolute Gasteiger partial charge is 0.278 e. The minimum Gasteiger partial charge on any atom is -0.496 e.